The number of carbonyl (C=O) groups is 1. The van der Waals surface area contributed by atoms with Crippen molar-refractivity contribution in [3.8, 4) is 0 Å². The maximum Gasteiger partial charge on any atom is 0.253 e. The number of nitrogens with zero attached hydrogens (tertiary/aromatic N) is 1. The molecule has 3 nitrogen and oxygen atoms in total. The number of carbonyl (C=O) groups excluding carboxylic acids is 1. The van der Waals surface area contributed by atoms with Gasteiger partial charge in [0.15, 0.2) is 0 Å². The molecule has 5 heteroatoms. The van der Waals surface area contributed by atoms with E-state index in [1.807, 2.05) is 7.05 Å². The highest BCUT2D eigenvalue weighted by molar-refractivity contribution is 5.95. The highest BCUT2D eigenvalue weighted by Gasteiger charge is 2.13. The van der Waals surface area contributed by atoms with Crippen LogP contribution in [0.3, 0.4) is 0 Å². The van der Waals surface area contributed by atoms with Crippen molar-refractivity contribution < 1.29 is 9.18 Å². The summed E-state index contributed by atoms with van der Waals surface area (Å²) in [5, 5.41) is 2.97. The maximum atomic E-state index is 12.9. The molecule has 0 unspecified atom stereocenters. The molecule has 0 fully saturated rings. The number of amides is 1. The summed E-state index contributed by atoms with van der Waals surface area (Å²) in [7, 11) is 3.57. The Hall–Kier alpha value is -1.13. The third-order valence-electron chi connectivity index (χ3n) is 2.46. The lowest BCUT2D eigenvalue weighted by molar-refractivity contribution is 0.0796. The number of rotatable bonds is 4. The van der Waals surface area contributed by atoms with E-state index in [9.17, 15) is 9.18 Å². The summed E-state index contributed by atoms with van der Waals surface area (Å²) in [5.41, 5.74) is 1.22. The quantitative estimate of drug-likeness (QED) is 0.896. The minimum atomic E-state index is -0.313. The molecule has 1 aromatic rings. The predicted molar refractivity (Wildman–Crippen MR) is 69.3 cm³/mol. The van der Waals surface area contributed by atoms with E-state index in [0.717, 1.165) is 6.54 Å². The molecule has 0 radical (unpaired) electrons. The Labute approximate surface area is 107 Å². The molecule has 0 aliphatic carbocycles. The molecule has 0 aliphatic rings. The fourth-order valence-electron chi connectivity index (χ4n) is 1.45. The highest BCUT2D eigenvalue weighted by atomic mass is 35.5. The predicted octanol–water partition coefficient (Wildman–Crippen LogP) is 1.85. The number of likely N-dealkylation sites (N-methyl/N-ethyl adjacent to an activating group) is 2. The Morgan fingerprint density at radius 1 is 1.47 bits per heavy atom. The van der Waals surface area contributed by atoms with Crippen molar-refractivity contribution in [1.29, 1.82) is 0 Å². The van der Waals surface area contributed by atoms with Crippen molar-refractivity contribution in [2.75, 3.05) is 27.2 Å². The Bertz CT molecular complexity index is 385. The van der Waals surface area contributed by atoms with Crippen LogP contribution in [0.25, 0.3) is 0 Å². The Balaban J connectivity index is 0.00000256. The van der Waals surface area contributed by atoms with Crippen molar-refractivity contribution in [3.05, 3.63) is 35.1 Å². The molecule has 0 saturated carbocycles. The maximum absolute atomic E-state index is 12.9. The van der Waals surface area contributed by atoms with Gasteiger partial charge in [-0.3, -0.25) is 4.79 Å². The van der Waals surface area contributed by atoms with Gasteiger partial charge in [-0.2, -0.15) is 0 Å². The first-order valence-corrected chi connectivity index (χ1v) is 5.22. The average molecular weight is 261 g/mol. The van der Waals surface area contributed by atoms with Gasteiger partial charge in [-0.25, -0.2) is 4.39 Å². The first-order valence-electron chi connectivity index (χ1n) is 5.22. The van der Waals surface area contributed by atoms with Crippen LogP contribution in [-0.4, -0.2) is 38.0 Å². The van der Waals surface area contributed by atoms with Gasteiger partial charge in [0, 0.05) is 25.7 Å². The van der Waals surface area contributed by atoms with Crippen LogP contribution >= 0.6 is 12.4 Å². The summed E-state index contributed by atoms with van der Waals surface area (Å²) >= 11 is 0. The van der Waals surface area contributed by atoms with E-state index in [-0.39, 0.29) is 24.1 Å². The lowest BCUT2D eigenvalue weighted by atomic mass is 10.1. The van der Waals surface area contributed by atoms with Gasteiger partial charge in [-0.15, -0.1) is 12.4 Å². The van der Waals surface area contributed by atoms with E-state index in [1.165, 1.54) is 18.2 Å². The Kier molecular flexibility index (Phi) is 6.76. The monoisotopic (exact) mass is 260 g/mol. The van der Waals surface area contributed by atoms with Crippen molar-refractivity contribution in [2.45, 2.75) is 6.92 Å². The molecule has 1 N–H and O–H groups in total. The van der Waals surface area contributed by atoms with Crippen LogP contribution in [0.2, 0.25) is 0 Å². The second-order valence-corrected chi connectivity index (χ2v) is 3.79. The minimum Gasteiger partial charge on any atom is -0.340 e. The first kappa shape index (κ1) is 15.9. The van der Waals surface area contributed by atoms with E-state index in [4.69, 9.17) is 0 Å². The largest absolute Gasteiger partial charge is 0.340 e. The van der Waals surface area contributed by atoms with Crippen LogP contribution in [0.5, 0.6) is 0 Å². The molecule has 0 aromatic heterocycles. The van der Waals surface area contributed by atoms with E-state index in [2.05, 4.69) is 5.32 Å². The molecule has 0 atom stereocenters. The number of hydrogen-bond donors (Lipinski definition) is 1. The van der Waals surface area contributed by atoms with Gasteiger partial charge in [-0.05, 0) is 37.7 Å². The van der Waals surface area contributed by atoms with Gasteiger partial charge < -0.3 is 10.2 Å². The molecular formula is C12H18ClFN2O. The van der Waals surface area contributed by atoms with Crippen LogP contribution in [0.15, 0.2) is 18.2 Å². The van der Waals surface area contributed by atoms with Crippen LogP contribution in [0, 0.1) is 12.7 Å². The van der Waals surface area contributed by atoms with E-state index < -0.39 is 0 Å². The molecule has 0 aliphatic heterocycles. The third-order valence-corrected chi connectivity index (χ3v) is 2.46. The zero-order chi connectivity index (χ0) is 12.1. The van der Waals surface area contributed by atoms with Crippen LogP contribution in [0.4, 0.5) is 4.39 Å². The van der Waals surface area contributed by atoms with E-state index in [1.54, 1.807) is 18.9 Å². The van der Waals surface area contributed by atoms with Gasteiger partial charge in [0.1, 0.15) is 5.82 Å². The van der Waals surface area contributed by atoms with Crippen LogP contribution in [-0.2, 0) is 0 Å². The third kappa shape index (κ3) is 4.32. The lowest BCUT2D eigenvalue weighted by Gasteiger charge is -2.18. The Morgan fingerprint density at radius 3 is 2.65 bits per heavy atom. The van der Waals surface area contributed by atoms with E-state index >= 15 is 0 Å². The molecule has 1 amide bonds. The molecule has 1 rings (SSSR count). The molecule has 96 valence electrons. The fraction of sp³-hybridized carbons (Fsp3) is 0.417. The number of benzene rings is 1. The number of aryl methyl sites for hydroxylation is 1. The zero-order valence-electron chi connectivity index (χ0n) is 10.3. The van der Waals surface area contributed by atoms with Crippen molar-refractivity contribution in [2.24, 2.45) is 0 Å². The average Bonchev–Trinajstić information content (AvgIpc) is 2.25. The van der Waals surface area contributed by atoms with Gasteiger partial charge in [-0.1, -0.05) is 0 Å². The fourth-order valence-corrected chi connectivity index (χ4v) is 1.45. The molecule has 0 spiro atoms. The number of nitrogens with one attached hydrogen (secondary N) is 1. The number of hydrogen-bond acceptors (Lipinski definition) is 2. The highest BCUT2D eigenvalue weighted by Crippen LogP contribution is 2.11. The topological polar surface area (TPSA) is 32.3 Å². The molecule has 1 aromatic carbocycles. The van der Waals surface area contributed by atoms with Gasteiger partial charge in [0.05, 0.1) is 0 Å². The molecular weight excluding hydrogens is 243 g/mol. The lowest BCUT2D eigenvalue weighted by Crippen LogP contribution is -2.33. The SMILES string of the molecule is CNCCN(C)C(=O)c1ccc(F)cc1C.Cl. The van der Waals surface area contributed by atoms with Crippen molar-refractivity contribution in [3.63, 3.8) is 0 Å². The smallest absolute Gasteiger partial charge is 0.253 e. The normalized spacial score (nSPS) is 9.65. The molecule has 0 saturated heterocycles. The van der Waals surface area contributed by atoms with Gasteiger partial charge in [0.2, 0.25) is 0 Å². The van der Waals surface area contributed by atoms with Gasteiger partial charge >= 0.3 is 0 Å². The summed E-state index contributed by atoms with van der Waals surface area (Å²) in [4.78, 5) is 13.6. The van der Waals surface area contributed by atoms with Crippen LogP contribution in [0.1, 0.15) is 15.9 Å². The number of halogens is 2. The summed E-state index contributed by atoms with van der Waals surface area (Å²) in [5.74, 6) is -0.389. The summed E-state index contributed by atoms with van der Waals surface area (Å²) in [6, 6.07) is 4.22. The van der Waals surface area contributed by atoms with Crippen molar-refractivity contribution >= 4 is 18.3 Å². The molecule has 0 bridgehead atoms. The molecule has 17 heavy (non-hydrogen) atoms. The second-order valence-electron chi connectivity index (χ2n) is 3.79. The molecule has 0 heterocycles. The zero-order valence-corrected chi connectivity index (χ0v) is 11.1. The van der Waals surface area contributed by atoms with Crippen LogP contribution < -0.4 is 5.32 Å². The minimum absolute atomic E-state index is 0. The van der Waals surface area contributed by atoms with Gasteiger partial charge in [0.25, 0.3) is 5.91 Å². The first-order chi connectivity index (χ1) is 7.56. The summed E-state index contributed by atoms with van der Waals surface area (Å²) < 4.78 is 12.9. The van der Waals surface area contributed by atoms with Crippen molar-refractivity contribution in [1.82, 2.24) is 10.2 Å². The summed E-state index contributed by atoms with van der Waals surface area (Å²) in [6.45, 7) is 3.11. The standard InChI is InChI=1S/C12H17FN2O.ClH/c1-9-8-10(13)4-5-11(9)12(16)15(3)7-6-14-2;/h4-5,8,14H,6-7H2,1-3H3;1H. The summed E-state index contributed by atoms with van der Waals surface area (Å²) in [6.07, 6.45) is 0. The van der Waals surface area contributed by atoms with E-state index in [0.29, 0.717) is 17.7 Å². The Morgan fingerprint density at radius 2 is 2.12 bits per heavy atom. The second kappa shape index (κ2) is 7.25.